The molecule has 0 radical (unpaired) electrons. The minimum Gasteiger partial charge on any atom is -0.422 e. The summed E-state index contributed by atoms with van der Waals surface area (Å²) in [6, 6.07) is 9.08. The van der Waals surface area contributed by atoms with Crippen LogP contribution in [-0.4, -0.2) is 71.6 Å². The lowest BCUT2D eigenvalue weighted by molar-refractivity contribution is 0.172. The topological polar surface area (TPSA) is 133 Å². The zero-order valence-electron chi connectivity index (χ0n) is 22.8. The SMILES string of the molecule is CNS(=O)(=O)Nc1cccc(Cc2c(CNCCCN3CCC3)c3ccc(OC(=O)N(C)C)cc3oc2=O)c1F. The minimum atomic E-state index is -3.94. The molecule has 1 amide bonds. The third kappa shape index (κ3) is 7.16. The molecule has 40 heavy (non-hydrogen) atoms. The van der Waals surface area contributed by atoms with Gasteiger partial charge in [0.15, 0.2) is 5.82 Å². The van der Waals surface area contributed by atoms with Gasteiger partial charge in [0.1, 0.15) is 11.3 Å². The number of likely N-dealkylation sites (tertiary alicyclic amines) is 1. The van der Waals surface area contributed by atoms with Crippen molar-refractivity contribution in [3.8, 4) is 5.75 Å². The molecule has 2 heterocycles. The first-order valence-electron chi connectivity index (χ1n) is 13.0. The fraction of sp³-hybridized carbons (Fsp3) is 0.407. The van der Waals surface area contributed by atoms with E-state index in [-0.39, 0.29) is 34.6 Å². The molecule has 4 rings (SSSR count). The van der Waals surface area contributed by atoms with Crippen LogP contribution >= 0.6 is 0 Å². The number of hydrogen-bond acceptors (Lipinski definition) is 8. The molecule has 11 nitrogen and oxygen atoms in total. The minimum absolute atomic E-state index is 0.124. The Morgan fingerprint density at radius 2 is 1.95 bits per heavy atom. The summed E-state index contributed by atoms with van der Waals surface area (Å²) in [7, 11) is 0.376. The number of halogens is 1. The van der Waals surface area contributed by atoms with Crippen LogP contribution in [0.2, 0.25) is 0 Å². The molecule has 0 saturated carbocycles. The summed E-state index contributed by atoms with van der Waals surface area (Å²) in [6.07, 6.45) is 1.46. The lowest BCUT2D eigenvalue weighted by atomic mass is 9.97. The number of anilines is 1. The van der Waals surface area contributed by atoms with E-state index in [4.69, 9.17) is 9.15 Å². The zero-order chi connectivity index (χ0) is 28.9. The largest absolute Gasteiger partial charge is 0.422 e. The first-order chi connectivity index (χ1) is 19.1. The van der Waals surface area contributed by atoms with E-state index in [1.165, 1.54) is 42.6 Å². The monoisotopic (exact) mass is 575 g/mol. The number of nitrogens with one attached hydrogen (secondary N) is 3. The second kappa shape index (κ2) is 12.8. The highest BCUT2D eigenvalue weighted by atomic mass is 32.2. The van der Waals surface area contributed by atoms with Crippen molar-refractivity contribution in [3.05, 3.63) is 69.3 Å². The van der Waals surface area contributed by atoms with Crippen molar-refractivity contribution in [2.24, 2.45) is 0 Å². The molecule has 0 unspecified atom stereocenters. The van der Waals surface area contributed by atoms with Gasteiger partial charge in [-0.2, -0.15) is 8.42 Å². The number of ether oxygens (including phenoxy) is 1. The molecule has 1 aliphatic heterocycles. The summed E-state index contributed by atoms with van der Waals surface area (Å²) >= 11 is 0. The number of benzene rings is 2. The summed E-state index contributed by atoms with van der Waals surface area (Å²) in [5.74, 6) is -0.577. The number of carbonyl (C=O) groups excluding carboxylic acids is 1. The Hall–Kier alpha value is -3.52. The number of hydrogen-bond donors (Lipinski definition) is 3. The molecule has 0 spiro atoms. The molecule has 3 N–H and O–H groups in total. The summed E-state index contributed by atoms with van der Waals surface area (Å²) in [6.45, 7) is 4.25. The van der Waals surface area contributed by atoms with E-state index in [1.54, 1.807) is 26.2 Å². The van der Waals surface area contributed by atoms with Crippen molar-refractivity contribution >= 4 is 33.0 Å². The molecule has 3 aromatic rings. The molecule has 0 atom stereocenters. The average molecular weight is 576 g/mol. The van der Waals surface area contributed by atoms with E-state index in [1.807, 2.05) is 0 Å². The van der Waals surface area contributed by atoms with Crippen LogP contribution in [0.4, 0.5) is 14.9 Å². The van der Waals surface area contributed by atoms with Crippen LogP contribution in [0.3, 0.4) is 0 Å². The number of rotatable bonds is 12. The Morgan fingerprint density at radius 3 is 2.62 bits per heavy atom. The van der Waals surface area contributed by atoms with Gasteiger partial charge in [-0.05, 0) is 68.3 Å². The van der Waals surface area contributed by atoms with E-state index in [0.29, 0.717) is 24.0 Å². The van der Waals surface area contributed by atoms with E-state index < -0.39 is 27.7 Å². The number of amides is 1. The van der Waals surface area contributed by atoms with Gasteiger partial charge in [-0.1, -0.05) is 12.1 Å². The number of fused-ring (bicyclic) bond motifs is 1. The normalized spacial score (nSPS) is 13.7. The standard InChI is InChI=1S/C27H34FN5O6S/c1-29-40(36,37)31-23-8-4-7-18(25(23)28)15-21-22(17-30-11-5-12-33-13-6-14-33)20-10-9-19(38-27(35)32(2)3)16-24(20)39-26(21)34/h4,7-10,16,29-31H,5-6,11-15,17H2,1-3H3. The highest BCUT2D eigenvalue weighted by molar-refractivity contribution is 7.90. The number of carbonyl (C=O) groups is 1. The fourth-order valence-corrected chi connectivity index (χ4v) is 4.90. The van der Waals surface area contributed by atoms with Gasteiger partial charge in [0.05, 0.1) is 5.69 Å². The zero-order valence-corrected chi connectivity index (χ0v) is 23.6. The van der Waals surface area contributed by atoms with Crippen molar-refractivity contribution < 1.29 is 26.8 Å². The van der Waals surface area contributed by atoms with Crippen LogP contribution in [0.15, 0.2) is 45.6 Å². The van der Waals surface area contributed by atoms with Crippen LogP contribution < -0.4 is 25.1 Å². The summed E-state index contributed by atoms with van der Waals surface area (Å²) in [5.41, 5.74) is 0.316. The van der Waals surface area contributed by atoms with Gasteiger partial charge in [-0.3, -0.25) is 4.72 Å². The van der Waals surface area contributed by atoms with Gasteiger partial charge in [-0.15, -0.1) is 0 Å². The predicted octanol–water partition coefficient (Wildman–Crippen LogP) is 2.64. The first-order valence-corrected chi connectivity index (χ1v) is 14.5. The average Bonchev–Trinajstić information content (AvgIpc) is 2.88. The van der Waals surface area contributed by atoms with E-state index >= 15 is 4.39 Å². The molecular formula is C27H34FN5O6S. The molecule has 216 valence electrons. The number of nitrogens with zero attached hydrogens (tertiary/aromatic N) is 2. The van der Waals surface area contributed by atoms with Crippen molar-refractivity contribution in [2.75, 3.05) is 52.0 Å². The Labute approximate surface area is 232 Å². The van der Waals surface area contributed by atoms with Crippen LogP contribution in [0, 0.1) is 5.82 Å². The first kappa shape index (κ1) is 29.5. The van der Waals surface area contributed by atoms with Gasteiger partial charge in [0, 0.05) is 51.1 Å². The second-order valence-electron chi connectivity index (χ2n) is 9.76. The predicted molar refractivity (Wildman–Crippen MR) is 150 cm³/mol. The van der Waals surface area contributed by atoms with E-state index in [2.05, 4.69) is 19.7 Å². The molecule has 2 aromatic carbocycles. The van der Waals surface area contributed by atoms with Crippen molar-refractivity contribution in [1.29, 1.82) is 0 Å². The van der Waals surface area contributed by atoms with Crippen LogP contribution in [-0.2, 0) is 23.2 Å². The quantitative estimate of drug-likeness (QED) is 0.222. The Balaban J connectivity index is 1.67. The van der Waals surface area contributed by atoms with Gasteiger partial charge in [-0.25, -0.2) is 18.7 Å². The highest BCUT2D eigenvalue weighted by Crippen LogP contribution is 2.28. The molecule has 1 saturated heterocycles. The van der Waals surface area contributed by atoms with E-state index in [0.717, 1.165) is 26.1 Å². The summed E-state index contributed by atoms with van der Waals surface area (Å²) in [4.78, 5) is 28.9. The van der Waals surface area contributed by atoms with E-state index in [9.17, 15) is 18.0 Å². The van der Waals surface area contributed by atoms with Crippen molar-refractivity contribution in [1.82, 2.24) is 19.8 Å². The van der Waals surface area contributed by atoms with Gasteiger partial charge < -0.3 is 24.3 Å². The van der Waals surface area contributed by atoms with Gasteiger partial charge in [0.2, 0.25) is 0 Å². The Kier molecular flexibility index (Phi) is 9.40. The van der Waals surface area contributed by atoms with Crippen LogP contribution in [0.5, 0.6) is 5.75 Å². The molecule has 0 bridgehead atoms. The lowest BCUT2D eigenvalue weighted by Crippen LogP contribution is -2.38. The van der Waals surface area contributed by atoms with Crippen molar-refractivity contribution in [2.45, 2.75) is 25.8 Å². The summed E-state index contributed by atoms with van der Waals surface area (Å²) < 4.78 is 54.3. The van der Waals surface area contributed by atoms with Crippen LogP contribution in [0.1, 0.15) is 29.5 Å². The van der Waals surface area contributed by atoms with Gasteiger partial charge in [0.25, 0.3) is 10.2 Å². The smallest absolute Gasteiger partial charge is 0.414 e. The maximum atomic E-state index is 15.3. The molecule has 13 heteroatoms. The van der Waals surface area contributed by atoms with Crippen molar-refractivity contribution in [3.63, 3.8) is 0 Å². The fourth-order valence-electron chi connectivity index (χ4n) is 4.35. The third-order valence-electron chi connectivity index (χ3n) is 6.70. The van der Waals surface area contributed by atoms with Gasteiger partial charge >= 0.3 is 11.7 Å². The molecule has 1 fully saturated rings. The maximum Gasteiger partial charge on any atom is 0.414 e. The Bertz CT molecular complexity index is 1540. The second-order valence-corrected chi connectivity index (χ2v) is 11.4. The lowest BCUT2D eigenvalue weighted by Gasteiger charge is -2.30. The third-order valence-corrected chi connectivity index (χ3v) is 7.73. The molecular weight excluding hydrogens is 541 g/mol. The highest BCUT2D eigenvalue weighted by Gasteiger charge is 2.20. The maximum absolute atomic E-state index is 15.3. The molecule has 1 aliphatic rings. The molecule has 1 aromatic heterocycles. The van der Waals surface area contributed by atoms with Crippen LogP contribution in [0.25, 0.3) is 11.0 Å². The Morgan fingerprint density at radius 1 is 1.18 bits per heavy atom. The molecule has 0 aliphatic carbocycles. The summed E-state index contributed by atoms with van der Waals surface area (Å²) in [5, 5.41) is 4.00.